The zero-order chi connectivity index (χ0) is 3.91. The van der Waals surface area contributed by atoms with Crippen molar-refractivity contribution >= 4 is 0 Å². The Hall–Kier alpha value is -0.400. The molecule has 0 saturated carbocycles. The van der Waals surface area contributed by atoms with Crippen LogP contribution in [0.5, 0.6) is 0 Å². The summed E-state index contributed by atoms with van der Waals surface area (Å²) in [5.41, 5.74) is 0. The maximum atomic E-state index is 6.72. The Labute approximate surface area is 26.0 Å². The summed E-state index contributed by atoms with van der Waals surface area (Å²) in [5.74, 6) is 0. The fourth-order valence-electron chi connectivity index (χ4n) is 0.0500. The average molecular weight is 57.1 g/mol. The third kappa shape index (κ3) is 0.0852. The third-order valence-corrected chi connectivity index (χ3v) is 0.300. The molecule has 0 aliphatic carbocycles. The van der Waals surface area contributed by atoms with Crippen molar-refractivity contribution in [3.63, 3.8) is 0 Å². The van der Waals surface area contributed by atoms with Crippen LogP contribution < -0.4 is 0 Å². The highest BCUT2D eigenvalue weighted by molar-refractivity contribution is 4.59. The Morgan fingerprint density at radius 1 is 2.00 bits per heavy atom. The van der Waals surface area contributed by atoms with Gasteiger partial charge in [0.05, 0.1) is 1.37 Å². The normalized spacial score (nSPS) is 33.8. The molecular formula is C2H4N2. The maximum Gasteiger partial charge on any atom is 0.178 e. The first-order chi connectivity index (χ1) is 2.21. The largest absolute Gasteiger partial charge is 0.178 e. The molecule has 1 aliphatic heterocycles. The van der Waals surface area contributed by atoms with Crippen LogP contribution in [0.3, 0.4) is 0 Å². The lowest BCUT2D eigenvalue weighted by atomic mass is 10.7. The highest BCUT2D eigenvalue weighted by atomic mass is 15.4. The molecule has 0 bridgehead atoms. The lowest BCUT2D eigenvalue weighted by molar-refractivity contribution is 1.07. The Kier molecular flexibility index (Phi) is 0.0904. The number of nitrogens with zero attached hydrogens (tertiary/aromatic N) is 2. The Morgan fingerprint density at radius 2 is 2.25 bits per heavy atom. The lowest BCUT2D eigenvalue weighted by Crippen LogP contribution is -1.59. The van der Waals surface area contributed by atoms with Crippen LogP contribution in [0.1, 0.15) is 8.29 Å². The van der Waals surface area contributed by atoms with E-state index in [2.05, 4.69) is 10.2 Å². The minimum Gasteiger partial charge on any atom is -0.163 e. The van der Waals surface area contributed by atoms with Crippen molar-refractivity contribution in [1.29, 1.82) is 0 Å². The van der Waals surface area contributed by atoms with Gasteiger partial charge in [0.25, 0.3) is 0 Å². The van der Waals surface area contributed by atoms with Crippen LogP contribution in [-0.4, -0.2) is 6.14 Å². The fraction of sp³-hybridized carbons (Fsp3) is 1.00. The molecule has 0 amide bonds. The van der Waals surface area contributed by atoms with Crippen molar-refractivity contribution in [1.82, 2.24) is 0 Å². The highest BCUT2D eigenvalue weighted by Crippen LogP contribution is 2.05. The molecule has 0 radical (unpaired) electrons. The fourth-order valence-corrected chi connectivity index (χ4v) is 0.0500. The van der Waals surface area contributed by atoms with E-state index >= 15 is 0 Å². The topological polar surface area (TPSA) is 24.7 Å². The summed E-state index contributed by atoms with van der Waals surface area (Å²) in [7, 11) is 0. The van der Waals surface area contributed by atoms with E-state index in [4.69, 9.17) is 1.37 Å². The van der Waals surface area contributed by atoms with Gasteiger partial charge in [0, 0.05) is 0 Å². The smallest absolute Gasteiger partial charge is 0.163 e. The van der Waals surface area contributed by atoms with Crippen LogP contribution in [0, 0.1) is 0 Å². The van der Waals surface area contributed by atoms with Crippen LogP contribution in [0.25, 0.3) is 0 Å². The average Bonchev–Trinajstić information content (AvgIpc) is 1.76. The Morgan fingerprint density at radius 3 is 2.25 bits per heavy atom. The zero-order valence-electron chi connectivity index (χ0n) is 3.39. The molecule has 0 saturated heterocycles. The minimum atomic E-state index is -0.750. The van der Waals surface area contributed by atoms with Crippen LogP contribution in [0.2, 0.25) is 0 Å². The van der Waals surface area contributed by atoms with Crippen LogP contribution in [0.15, 0.2) is 10.2 Å². The van der Waals surface area contributed by atoms with E-state index in [1.165, 1.54) is 0 Å². The molecule has 1 rings (SSSR count). The van der Waals surface area contributed by atoms with Gasteiger partial charge in [-0.1, -0.05) is 0 Å². The molecule has 0 fully saturated rings. The van der Waals surface area contributed by atoms with E-state index in [-0.39, 0.29) is 0 Å². The summed E-state index contributed by atoms with van der Waals surface area (Å²) < 4.78 is 6.72. The van der Waals surface area contributed by atoms with Crippen molar-refractivity contribution in [2.24, 2.45) is 10.2 Å². The van der Waals surface area contributed by atoms with Crippen molar-refractivity contribution < 1.29 is 1.37 Å². The summed E-state index contributed by atoms with van der Waals surface area (Å²) in [6, 6.07) is 0. The first-order valence-corrected chi connectivity index (χ1v) is 1.15. The predicted molar refractivity (Wildman–Crippen MR) is 14.3 cm³/mol. The van der Waals surface area contributed by atoms with Crippen molar-refractivity contribution in [2.45, 2.75) is 13.1 Å². The van der Waals surface area contributed by atoms with Crippen molar-refractivity contribution in [2.75, 3.05) is 0 Å². The monoisotopic (exact) mass is 57.0 g/mol. The minimum absolute atomic E-state index is 0.750. The molecule has 1 aliphatic rings. The third-order valence-electron chi connectivity index (χ3n) is 0.300. The summed E-state index contributed by atoms with van der Waals surface area (Å²) in [6.07, 6.45) is -0.750. The van der Waals surface area contributed by atoms with Gasteiger partial charge in [-0.05, 0) is 6.92 Å². The summed E-state index contributed by atoms with van der Waals surface area (Å²) in [6.45, 7) is 1.63. The summed E-state index contributed by atoms with van der Waals surface area (Å²) >= 11 is 0. The van der Waals surface area contributed by atoms with E-state index in [1.807, 2.05) is 0 Å². The van der Waals surface area contributed by atoms with Crippen LogP contribution in [-0.2, 0) is 0 Å². The van der Waals surface area contributed by atoms with Crippen molar-refractivity contribution in [3.05, 3.63) is 0 Å². The molecule has 2 nitrogen and oxygen atoms in total. The predicted octanol–water partition coefficient (Wildman–Crippen LogP) is 0.798. The van der Waals surface area contributed by atoms with Gasteiger partial charge in [0.1, 0.15) is 0 Å². The Bertz CT molecular complexity index is 67.7. The van der Waals surface area contributed by atoms with Crippen LogP contribution >= 0.6 is 0 Å². The van der Waals surface area contributed by atoms with Gasteiger partial charge in [0.15, 0.2) is 6.14 Å². The molecule has 4 heavy (non-hydrogen) atoms. The van der Waals surface area contributed by atoms with Gasteiger partial charge < -0.3 is 0 Å². The van der Waals surface area contributed by atoms with E-state index in [0.29, 0.717) is 0 Å². The summed E-state index contributed by atoms with van der Waals surface area (Å²) in [4.78, 5) is 0. The van der Waals surface area contributed by atoms with Gasteiger partial charge in [-0.2, -0.15) is 10.2 Å². The molecule has 0 atom stereocenters. The number of hydrogen-bond acceptors (Lipinski definition) is 2. The van der Waals surface area contributed by atoms with Gasteiger partial charge in [0.2, 0.25) is 0 Å². The van der Waals surface area contributed by atoms with E-state index in [1.54, 1.807) is 6.92 Å². The molecule has 0 aromatic carbocycles. The highest BCUT2D eigenvalue weighted by Gasteiger charge is 2.02. The van der Waals surface area contributed by atoms with E-state index < -0.39 is 6.14 Å². The number of hydrogen-bond donors (Lipinski definition) is 0. The lowest BCUT2D eigenvalue weighted by Gasteiger charge is -1.49. The van der Waals surface area contributed by atoms with E-state index in [0.717, 1.165) is 0 Å². The number of rotatable bonds is 0. The summed E-state index contributed by atoms with van der Waals surface area (Å²) in [5, 5.41) is 6.65. The first kappa shape index (κ1) is 1.15. The standard InChI is InChI=1S/C2H4N2/c1-2-3-4-2/h2H,1H3/i2D. The SMILES string of the molecule is [2H]C1(C)N=N1. The van der Waals surface area contributed by atoms with Crippen LogP contribution in [0.4, 0.5) is 0 Å². The second-order valence-corrected chi connectivity index (χ2v) is 0.747. The quantitative estimate of drug-likeness (QED) is 0.393. The molecule has 0 N–H and O–H groups in total. The molecular weight excluding hydrogens is 52.0 g/mol. The second kappa shape index (κ2) is 0.315. The molecule has 1 heterocycles. The van der Waals surface area contributed by atoms with Gasteiger partial charge in [-0.25, -0.2) is 0 Å². The molecule has 2 heteroatoms. The Balaban J connectivity index is 2.47. The second-order valence-electron chi connectivity index (χ2n) is 0.747. The molecule has 0 spiro atoms. The van der Waals surface area contributed by atoms with Gasteiger partial charge in [-0.3, -0.25) is 0 Å². The molecule has 0 unspecified atom stereocenters. The first-order valence-electron chi connectivity index (χ1n) is 1.65. The zero-order valence-corrected chi connectivity index (χ0v) is 2.39. The maximum absolute atomic E-state index is 6.72. The van der Waals surface area contributed by atoms with Gasteiger partial charge in [-0.15, -0.1) is 0 Å². The van der Waals surface area contributed by atoms with E-state index in [9.17, 15) is 0 Å². The van der Waals surface area contributed by atoms with Crippen molar-refractivity contribution in [3.8, 4) is 0 Å². The molecule has 0 aromatic heterocycles. The van der Waals surface area contributed by atoms with Gasteiger partial charge >= 0.3 is 0 Å². The molecule has 0 aromatic rings. The molecule has 22 valence electrons.